The highest BCUT2D eigenvalue weighted by atomic mass is 16.5. The number of benzene rings is 1. The number of carboxylic acids is 1. The van der Waals surface area contributed by atoms with E-state index < -0.39 is 5.97 Å². The molecule has 1 aliphatic rings. The van der Waals surface area contributed by atoms with Crippen LogP contribution in [-0.2, 0) is 4.79 Å². The standard InChI is InChI=1S/C19H21N5O3/c1-27-16-4-2-3-15-14(16)11-21-24(15)17-9-10-20-19(23-17)22-13-7-5-12(6-8-13)18(25)26/h2-4,9-13H,5-8H2,1H3,(H,25,26)(H,20,22,23). The number of aliphatic carboxylic acids is 1. The van der Waals surface area contributed by atoms with Gasteiger partial charge in [-0.15, -0.1) is 0 Å². The molecular formula is C19H21N5O3. The SMILES string of the molecule is COc1cccc2c1cnn2-c1ccnc(NC2CCC(C(=O)O)CC2)n1. The molecule has 4 rings (SSSR count). The molecular weight excluding hydrogens is 346 g/mol. The Morgan fingerprint density at radius 2 is 2.07 bits per heavy atom. The second-order valence-corrected chi connectivity index (χ2v) is 6.72. The molecule has 0 amide bonds. The number of carbonyl (C=O) groups is 1. The molecule has 2 N–H and O–H groups in total. The molecule has 2 aromatic heterocycles. The van der Waals surface area contributed by atoms with Crippen LogP contribution in [-0.4, -0.2) is 44.0 Å². The Morgan fingerprint density at radius 3 is 2.81 bits per heavy atom. The molecule has 1 saturated carbocycles. The third-order valence-corrected chi connectivity index (χ3v) is 5.06. The van der Waals surface area contributed by atoms with E-state index in [2.05, 4.69) is 20.4 Å². The van der Waals surface area contributed by atoms with Crippen LogP contribution in [0.5, 0.6) is 5.75 Å². The maximum absolute atomic E-state index is 11.1. The van der Waals surface area contributed by atoms with Gasteiger partial charge >= 0.3 is 5.97 Å². The maximum atomic E-state index is 11.1. The average molecular weight is 367 g/mol. The molecule has 8 nitrogen and oxygen atoms in total. The summed E-state index contributed by atoms with van der Waals surface area (Å²) < 4.78 is 7.14. The van der Waals surface area contributed by atoms with Gasteiger partial charge in [0, 0.05) is 18.3 Å². The first kappa shape index (κ1) is 17.3. The summed E-state index contributed by atoms with van der Waals surface area (Å²) in [5.74, 6) is 1.02. The molecule has 0 unspecified atom stereocenters. The predicted octanol–water partition coefficient (Wildman–Crippen LogP) is 2.88. The fourth-order valence-corrected chi connectivity index (χ4v) is 3.59. The van der Waals surface area contributed by atoms with Crippen LogP contribution in [0.3, 0.4) is 0 Å². The minimum absolute atomic E-state index is 0.185. The predicted molar refractivity (Wildman–Crippen MR) is 100 cm³/mol. The summed E-state index contributed by atoms with van der Waals surface area (Å²) in [4.78, 5) is 20.0. The lowest BCUT2D eigenvalue weighted by Crippen LogP contribution is -2.30. The summed E-state index contributed by atoms with van der Waals surface area (Å²) >= 11 is 0. The molecule has 1 fully saturated rings. The number of nitrogens with one attached hydrogen (secondary N) is 1. The van der Waals surface area contributed by atoms with E-state index in [4.69, 9.17) is 9.84 Å². The highest BCUT2D eigenvalue weighted by molar-refractivity contribution is 5.86. The number of nitrogens with zero attached hydrogens (tertiary/aromatic N) is 4. The molecule has 1 aliphatic carbocycles. The second-order valence-electron chi connectivity index (χ2n) is 6.72. The fourth-order valence-electron chi connectivity index (χ4n) is 3.59. The number of fused-ring (bicyclic) bond motifs is 1. The van der Waals surface area contributed by atoms with E-state index in [1.807, 2.05) is 18.2 Å². The molecule has 0 atom stereocenters. The van der Waals surface area contributed by atoms with Crippen molar-refractivity contribution in [2.75, 3.05) is 12.4 Å². The highest BCUT2D eigenvalue weighted by Crippen LogP contribution is 2.28. The first-order valence-corrected chi connectivity index (χ1v) is 8.99. The summed E-state index contributed by atoms with van der Waals surface area (Å²) in [6, 6.07) is 7.77. The van der Waals surface area contributed by atoms with Gasteiger partial charge in [-0.3, -0.25) is 4.79 Å². The number of hydrogen-bond acceptors (Lipinski definition) is 6. The molecule has 0 bridgehead atoms. The van der Waals surface area contributed by atoms with Crippen LogP contribution in [0.4, 0.5) is 5.95 Å². The summed E-state index contributed by atoms with van der Waals surface area (Å²) in [5, 5.41) is 17.8. The molecule has 0 saturated heterocycles. The van der Waals surface area contributed by atoms with Crippen molar-refractivity contribution in [3.8, 4) is 11.6 Å². The van der Waals surface area contributed by atoms with Crippen molar-refractivity contribution < 1.29 is 14.6 Å². The van der Waals surface area contributed by atoms with Gasteiger partial charge in [-0.05, 0) is 37.8 Å². The van der Waals surface area contributed by atoms with Crippen molar-refractivity contribution in [2.24, 2.45) is 5.92 Å². The zero-order valence-corrected chi connectivity index (χ0v) is 15.0. The van der Waals surface area contributed by atoms with Crippen molar-refractivity contribution in [2.45, 2.75) is 31.7 Å². The minimum atomic E-state index is -0.701. The zero-order chi connectivity index (χ0) is 18.8. The number of aromatic nitrogens is 4. The maximum Gasteiger partial charge on any atom is 0.306 e. The Balaban J connectivity index is 1.54. The monoisotopic (exact) mass is 367 g/mol. The third-order valence-electron chi connectivity index (χ3n) is 5.06. The van der Waals surface area contributed by atoms with Crippen molar-refractivity contribution in [3.05, 3.63) is 36.7 Å². The minimum Gasteiger partial charge on any atom is -0.496 e. The fraction of sp³-hybridized carbons (Fsp3) is 0.368. The number of hydrogen-bond donors (Lipinski definition) is 2. The zero-order valence-electron chi connectivity index (χ0n) is 15.0. The van der Waals surface area contributed by atoms with Gasteiger partial charge in [0.2, 0.25) is 5.95 Å². The summed E-state index contributed by atoms with van der Waals surface area (Å²) in [7, 11) is 1.64. The van der Waals surface area contributed by atoms with Crippen molar-refractivity contribution >= 4 is 22.8 Å². The van der Waals surface area contributed by atoms with Gasteiger partial charge in [0.1, 0.15) is 5.75 Å². The Bertz CT molecular complexity index is 963. The molecule has 27 heavy (non-hydrogen) atoms. The lowest BCUT2D eigenvalue weighted by Gasteiger charge is -2.26. The average Bonchev–Trinajstić information content (AvgIpc) is 3.13. The van der Waals surface area contributed by atoms with E-state index in [-0.39, 0.29) is 12.0 Å². The first-order chi connectivity index (χ1) is 13.2. The summed E-state index contributed by atoms with van der Waals surface area (Å²) in [5.41, 5.74) is 0.904. The summed E-state index contributed by atoms with van der Waals surface area (Å²) in [6.07, 6.45) is 6.41. The van der Waals surface area contributed by atoms with Gasteiger partial charge in [-0.25, -0.2) is 9.67 Å². The van der Waals surface area contributed by atoms with Gasteiger partial charge in [0.15, 0.2) is 5.82 Å². The lowest BCUT2D eigenvalue weighted by molar-refractivity contribution is -0.142. The Labute approximate surface area is 156 Å². The van der Waals surface area contributed by atoms with E-state index in [0.717, 1.165) is 29.5 Å². The number of carboxylic acid groups (broad SMARTS) is 1. The second kappa shape index (κ2) is 7.22. The van der Waals surface area contributed by atoms with Crippen LogP contribution in [0, 0.1) is 5.92 Å². The van der Waals surface area contributed by atoms with Crippen molar-refractivity contribution in [1.29, 1.82) is 0 Å². The Morgan fingerprint density at radius 1 is 1.26 bits per heavy atom. The van der Waals surface area contributed by atoms with E-state index in [9.17, 15) is 4.79 Å². The lowest BCUT2D eigenvalue weighted by atomic mass is 9.86. The van der Waals surface area contributed by atoms with Crippen molar-refractivity contribution in [1.82, 2.24) is 19.7 Å². The summed E-state index contributed by atoms with van der Waals surface area (Å²) in [6.45, 7) is 0. The van der Waals surface area contributed by atoms with Gasteiger partial charge < -0.3 is 15.2 Å². The van der Waals surface area contributed by atoms with E-state index in [1.165, 1.54) is 0 Å². The van der Waals surface area contributed by atoms with Crippen LogP contribution in [0.1, 0.15) is 25.7 Å². The molecule has 3 aromatic rings. The van der Waals surface area contributed by atoms with Gasteiger partial charge in [-0.2, -0.15) is 10.1 Å². The normalized spacial score (nSPS) is 19.7. The number of ether oxygens (including phenoxy) is 1. The Hall–Kier alpha value is -3.16. The smallest absolute Gasteiger partial charge is 0.306 e. The topological polar surface area (TPSA) is 102 Å². The molecule has 2 heterocycles. The van der Waals surface area contributed by atoms with Crippen LogP contribution < -0.4 is 10.1 Å². The van der Waals surface area contributed by atoms with Crippen LogP contribution >= 0.6 is 0 Å². The van der Waals surface area contributed by atoms with Gasteiger partial charge in [0.05, 0.1) is 30.1 Å². The quantitative estimate of drug-likeness (QED) is 0.715. The molecule has 1 aromatic carbocycles. The first-order valence-electron chi connectivity index (χ1n) is 8.99. The highest BCUT2D eigenvalue weighted by Gasteiger charge is 2.26. The van der Waals surface area contributed by atoms with Gasteiger partial charge in [0.25, 0.3) is 0 Å². The number of anilines is 1. The van der Waals surface area contributed by atoms with Gasteiger partial charge in [-0.1, -0.05) is 6.07 Å². The third kappa shape index (κ3) is 3.42. The van der Waals surface area contributed by atoms with E-state index in [0.29, 0.717) is 24.6 Å². The van der Waals surface area contributed by atoms with Crippen molar-refractivity contribution in [3.63, 3.8) is 0 Å². The Kier molecular flexibility index (Phi) is 4.62. The molecule has 0 radical (unpaired) electrons. The molecule has 140 valence electrons. The molecule has 0 aliphatic heterocycles. The molecule has 8 heteroatoms. The largest absolute Gasteiger partial charge is 0.496 e. The van der Waals surface area contributed by atoms with Crippen LogP contribution in [0.2, 0.25) is 0 Å². The number of rotatable bonds is 5. The van der Waals surface area contributed by atoms with E-state index in [1.54, 1.807) is 30.3 Å². The van der Waals surface area contributed by atoms with Crippen LogP contribution in [0.25, 0.3) is 16.7 Å². The number of methoxy groups -OCH3 is 1. The molecule has 0 spiro atoms. The van der Waals surface area contributed by atoms with E-state index >= 15 is 0 Å². The van der Waals surface area contributed by atoms with Crippen LogP contribution in [0.15, 0.2) is 36.7 Å².